The molecule has 0 saturated heterocycles. The largest absolute Gasteiger partial charge is 0.507 e. The molecule has 5 aromatic carbocycles. The average Bonchev–Trinajstić information content (AvgIpc) is 3.78. The maximum atomic E-state index is 12.1. The first-order valence-electron chi connectivity index (χ1n) is 18.4. The van der Waals surface area contributed by atoms with E-state index >= 15 is 0 Å². The maximum absolute atomic E-state index is 12.1. The molecule has 0 radical (unpaired) electrons. The molecule has 0 bridgehead atoms. The minimum Gasteiger partial charge on any atom is -0.507 e. The Balaban J connectivity index is 0.00000435. The standard InChI is InChI=1S/C47H48N3O2.Pt/c1-45(2,3)31-20-22-33(23-21-31)50-38-19-13-18-34(40(38)48-43(50)36-26-32(46(4,5)6)27-37(42(36)51)47(7,8)9)28-15-12-16-30(24-28)44-49-41-35-17-11-10-14-29(35)25-39(41)52-44;/h10-23,26-27,39,41,51H,25H2,1-9H3;/q-1;/t39-,41+;/m1./s1. The van der Waals surface area contributed by atoms with E-state index in [4.69, 9.17) is 14.7 Å². The van der Waals surface area contributed by atoms with Gasteiger partial charge in [0.1, 0.15) is 29.6 Å². The predicted octanol–water partition coefficient (Wildman–Crippen LogP) is 11.2. The Morgan fingerprint density at radius 3 is 2.09 bits per heavy atom. The van der Waals surface area contributed by atoms with E-state index in [1.165, 1.54) is 16.7 Å². The number of benzene rings is 5. The van der Waals surface area contributed by atoms with E-state index < -0.39 is 0 Å². The fourth-order valence-electron chi connectivity index (χ4n) is 7.66. The maximum Gasteiger partial charge on any atom is 0.148 e. The molecule has 6 aromatic rings. The number of fused-ring (bicyclic) bond motifs is 4. The van der Waals surface area contributed by atoms with Crippen molar-refractivity contribution in [2.24, 2.45) is 4.99 Å². The van der Waals surface area contributed by atoms with Crippen molar-refractivity contribution in [2.45, 2.75) is 97.1 Å². The van der Waals surface area contributed by atoms with Crippen molar-refractivity contribution in [3.05, 3.63) is 137 Å². The number of para-hydroxylation sites is 1. The molecule has 8 rings (SSSR count). The minimum absolute atomic E-state index is 0. The quantitative estimate of drug-likeness (QED) is 0.180. The van der Waals surface area contributed by atoms with Crippen LogP contribution in [0.3, 0.4) is 0 Å². The van der Waals surface area contributed by atoms with Crippen LogP contribution in [0.1, 0.15) is 102 Å². The second-order valence-electron chi connectivity index (χ2n) is 17.6. The van der Waals surface area contributed by atoms with Crippen LogP contribution in [0.4, 0.5) is 0 Å². The van der Waals surface area contributed by atoms with Crippen LogP contribution in [-0.2, 0) is 48.5 Å². The third-order valence-corrected chi connectivity index (χ3v) is 10.7. The molecule has 0 fully saturated rings. The molecule has 2 heterocycles. The minimum atomic E-state index is -0.280. The summed E-state index contributed by atoms with van der Waals surface area (Å²) < 4.78 is 8.67. The van der Waals surface area contributed by atoms with Gasteiger partial charge in [-0.05, 0) is 62.8 Å². The fourth-order valence-corrected chi connectivity index (χ4v) is 7.66. The number of aromatic nitrogens is 2. The number of nitrogens with zero attached hydrogens (tertiary/aromatic N) is 3. The van der Waals surface area contributed by atoms with Crippen molar-refractivity contribution in [3.63, 3.8) is 0 Å². The second kappa shape index (κ2) is 13.1. The number of hydrogen-bond acceptors (Lipinski definition) is 4. The SMILES string of the molecule is CC(C)(C)c1ccc(-n2c(-c3cc(C(C)(C)C)cc(C(C)(C)C)c3O)nc3c(-c4[c-]c(C5=N[C@H]6c7ccccc7C[C@H]6O5)ccc4)cccc32)cc1.[Pt]. The van der Waals surface area contributed by atoms with E-state index in [0.717, 1.165) is 56.5 Å². The number of aliphatic imine (C=N–C) groups is 1. The summed E-state index contributed by atoms with van der Waals surface area (Å²) in [6, 6.07) is 37.7. The number of rotatable bonds is 4. The Kier molecular flexibility index (Phi) is 9.13. The van der Waals surface area contributed by atoms with Gasteiger partial charge in [0.2, 0.25) is 0 Å². The summed E-state index contributed by atoms with van der Waals surface area (Å²) in [4.78, 5) is 10.5. The second-order valence-corrected chi connectivity index (χ2v) is 17.6. The van der Waals surface area contributed by atoms with Crippen LogP contribution in [0.25, 0.3) is 39.2 Å². The first-order valence-corrected chi connectivity index (χ1v) is 18.4. The molecule has 53 heavy (non-hydrogen) atoms. The van der Waals surface area contributed by atoms with Crippen LogP contribution < -0.4 is 0 Å². The zero-order valence-corrected chi connectivity index (χ0v) is 34.4. The van der Waals surface area contributed by atoms with Gasteiger partial charge in [-0.25, -0.2) is 4.98 Å². The number of imidazole rings is 1. The number of phenolic OH excluding ortho intramolecular Hbond substituents is 1. The van der Waals surface area contributed by atoms with Crippen LogP contribution in [-0.4, -0.2) is 26.7 Å². The molecule has 0 unspecified atom stereocenters. The van der Waals surface area contributed by atoms with Gasteiger partial charge >= 0.3 is 0 Å². The molecule has 274 valence electrons. The smallest absolute Gasteiger partial charge is 0.148 e. The molecule has 6 heteroatoms. The molecule has 1 N–H and O–H groups in total. The van der Waals surface area contributed by atoms with Gasteiger partial charge in [-0.3, -0.25) is 9.56 Å². The zero-order valence-electron chi connectivity index (χ0n) is 32.1. The van der Waals surface area contributed by atoms with Crippen LogP contribution in [0.2, 0.25) is 0 Å². The molecule has 2 aliphatic rings. The molecule has 1 aromatic heterocycles. The van der Waals surface area contributed by atoms with Gasteiger partial charge < -0.3 is 9.84 Å². The summed E-state index contributed by atoms with van der Waals surface area (Å²) in [5.41, 5.74) is 11.7. The zero-order chi connectivity index (χ0) is 36.7. The van der Waals surface area contributed by atoms with Gasteiger partial charge in [-0.1, -0.05) is 128 Å². The predicted molar refractivity (Wildman–Crippen MR) is 213 cm³/mol. The van der Waals surface area contributed by atoms with E-state index in [1.54, 1.807) is 0 Å². The van der Waals surface area contributed by atoms with Gasteiger partial charge in [0.05, 0.1) is 16.6 Å². The summed E-state index contributed by atoms with van der Waals surface area (Å²) in [7, 11) is 0. The van der Waals surface area contributed by atoms with Gasteiger partial charge in [0.15, 0.2) is 0 Å². The summed E-state index contributed by atoms with van der Waals surface area (Å²) in [6.07, 6.45) is 0.884. The normalized spacial score (nSPS) is 16.9. The van der Waals surface area contributed by atoms with Crippen molar-refractivity contribution in [2.75, 3.05) is 0 Å². The van der Waals surface area contributed by atoms with Crippen molar-refractivity contribution in [1.29, 1.82) is 0 Å². The molecule has 5 nitrogen and oxygen atoms in total. The summed E-state index contributed by atoms with van der Waals surface area (Å²) >= 11 is 0. The molecule has 1 aliphatic carbocycles. The third-order valence-electron chi connectivity index (χ3n) is 10.7. The van der Waals surface area contributed by atoms with Gasteiger partial charge in [-0.2, -0.15) is 0 Å². The monoisotopic (exact) mass is 881 g/mol. The number of aromatic hydroxyl groups is 1. The Morgan fingerprint density at radius 2 is 1.40 bits per heavy atom. The molecule has 1 aliphatic heterocycles. The van der Waals surface area contributed by atoms with Crippen molar-refractivity contribution in [1.82, 2.24) is 9.55 Å². The molecule has 0 saturated carbocycles. The Bertz CT molecular complexity index is 2380. The van der Waals surface area contributed by atoms with Gasteiger partial charge in [0.25, 0.3) is 0 Å². The molecular formula is C47H48N3O2Pt-. The first-order chi connectivity index (χ1) is 24.6. The summed E-state index contributed by atoms with van der Waals surface area (Å²) in [5.74, 6) is 1.61. The van der Waals surface area contributed by atoms with Gasteiger partial charge in [0, 0.05) is 38.7 Å². The van der Waals surface area contributed by atoms with Crippen LogP contribution in [0.5, 0.6) is 5.75 Å². The van der Waals surface area contributed by atoms with E-state index in [9.17, 15) is 5.11 Å². The fraction of sp³-hybridized carbons (Fsp3) is 0.319. The Hall–Kier alpha value is -4.47. The van der Waals surface area contributed by atoms with E-state index in [-0.39, 0.29) is 55.2 Å². The average molecular weight is 882 g/mol. The number of phenols is 1. The van der Waals surface area contributed by atoms with Gasteiger partial charge in [-0.15, -0.1) is 29.8 Å². The van der Waals surface area contributed by atoms with Crippen molar-refractivity contribution < 1.29 is 30.9 Å². The molecule has 0 amide bonds. The topological polar surface area (TPSA) is 59.6 Å². The Morgan fingerprint density at radius 1 is 0.717 bits per heavy atom. The summed E-state index contributed by atoms with van der Waals surface area (Å²) in [5, 5.41) is 12.1. The Labute approximate surface area is 328 Å². The van der Waals surface area contributed by atoms with Crippen molar-refractivity contribution in [3.8, 4) is 34.0 Å². The van der Waals surface area contributed by atoms with E-state index in [2.05, 4.69) is 158 Å². The van der Waals surface area contributed by atoms with Crippen LogP contribution in [0, 0.1) is 6.07 Å². The number of hydrogen-bond donors (Lipinski definition) is 1. The van der Waals surface area contributed by atoms with Crippen LogP contribution in [0.15, 0.2) is 102 Å². The molecule has 0 spiro atoms. The van der Waals surface area contributed by atoms with E-state index in [1.807, 2.05) is 12.1 Å². The number of ether oxygens (including phenoxy) is 1. The first kappa shape index (κ1) is 36.9. The molecular weight excluding hydrogens is 834 g/mol. The van der Waals surface area contributed by atoms with E-state index in [0.29, 0.717) is 11.7 Å². The van der Waals surface area contributed by atoms with Crippen molar-refractivity contribution >= 4 is 16.9 Å². The summed E-state index contributed by atoms with van der Waals surface area (Å²) in [6.45, 7) is 19.8. The molecule has 2 atom stereocenters. The van der Waals surface area contributed by atoms with Crippen LogP contribution >= 0.6 is 0 Å². The third kappa shape index (κ3) is 6.56.